The Morgan fingerprint density at radius 1 is 0.826 bits per heavy atom. The van der Waals surface area contributed by atoms with Crippen molar-refractivity contribution in [3.05, 3.63) is 84.7 Å². The molecule has 0 unspecified atom stereocenters. The van der Waals surface area contributed by atoms with E-state index in [4.69, 9.17) is 0 Å². The Morgan fingerprint density at radius 3 is 2.22 bits per heavy atom. The Hall–Kier alpha value is -3.07. The molecule has 2 aromatic heterocycles. The van der Waals surface area contributed by atoms with Crippen molar-refractivity contribution >= 4 is 17.0 Å². The van der Waals surface area contributed by atoms with Gasteiger partial charge in [-0.05, 0) is 43.3 Å². The lowest BCUT2D eigenvalue weighted by Crippen LogP contribution is -1.90. The van der Waals surface area contributed by atoms with E-state index in [1.807, 2.05) is 28.8 Å². The molecule has 23 heavy (non-hydrogen) atoms. The fraction of sp³-hybridized carbons (Fsp3) is 0.0500. The molecule has 2 heterocycles. The van der Waals surface area contributed by atoms with Gasteiger partial charge in [0.1, 0.15) is 5.65 Å². The van der Waals surface area contributed by atoms with E-state index < -0.39 is 0 Å². The summed E-state index contributed by atoms with van der Waals surface area (Å²) in [6.45, 7) is 2.09. The minimum absolute atomic E-state index is 0.962. The Labute approximate surface area is 135 Å². The number of rotatable bonds is 3. The highest BCUT2D eigenvalue weighted by atomic mass is 15.0. The van der Waals surface area contributed by atoms with E-state index in [0.717, 1.165) is 28.3 Å². The minimum Gasteiger partial charge on any atom is -0.356 e. The van der Waals surface area contributed by atoms with Gasteiger partial charge in [0.2, 0.25) is 0 Å². The van der Waals surface area contributed by atoms with Crippen LogP contribution in [0.4, 0.5) is 11.4 Å². The molecule has 0 atom stereocenters. The van der Waals surface area contributed by atoms with Crippen LogP contribution in [0.15, 0.2) is 79.1 Å². The maximum atomic E-state index is 4.65. The molecule has 4 aromatic rings. The first kappa shape index (κ1) is 13.6. The molecule has 3 heteroatoms. The summed E-state index contributed by atoms with van der Waals surface area (Å²) in [5, 5.41) is 3.41. The number of nitrogens with zero attached hydrogens (tertiary/aromatic N) is 2. The van der Waals surface area contributed by atoms with Gasteiger partial charge < -0.3 is 9.72 Å². The predicted octanol–water partition coefficient (Wildman–Crippen LogP) is 5.05. The lowest BCUT2D eigenvalue weighted by Gasteiger charge is -2.07. The number of hydrogen-bond donors (Lipinski definition) is 1. The highest BCUT2D eigenvalue weighted by Crippen LogP contribution is 2.23. The number of benzene rings is 2. The van der Waals surface area contributed by atoms with Crippen LogP contribution in [0.1, 0.15) is 5.56 Å². The number of imidazole rings is 1. The molecule has 0 spiro atoms. The van der Waals surface area contributed by atoms with Crippen molar-refractivity contribution in [2.45, 2.75) is 6.92 Å². The summed E-state index contributed by atoms with van der Waals surface area (Å²) in [6, 6.07) is 22.8. The van der Waals surface area contributed by atoms with Crippen molar-refractivity contribution in [3.63, 3.8) is 0 Å². The third-order valence-electron chi connectivity index (χ3n) is 3.88. The molecular formula is C20H17N3. The first-order valence-electron chi connectivity index (χ1n) is 7.66. The Bertz CT molecular complexity index is 902. The SMILES string of the molecule is Cc1ccc(Nc2ccc(-c3cn4ccccc4n3)cc2)cc1. The molecule has 0 radical (unpaired) electrons. The quantitative estimate of drug-likeness (QED) is 0.573. The predicted molar refractivity (Wildman–Crippen MR) is 95.1 cm³/mol. The molecule has 1 N–H and O–H groups in total. The van der Waals surface area contributed by atoms with Crippen molar-refractivity contribution in [2.75, 3.05) is 5.32 Å². The van der Waals surface area contributed by atoms with E-state index in [-0.39, 0.29) is 0 Å². The van der Waals surface area contributed by atoms with Crippen LogP contribution in [-0.4, -0.2) is 9.38 Å². The number of hydrogen-bond acceptors (Lipinski definition) is 2. The monoisotopic (exact) mass is 299 g/mol. The van der Waals surface area contributed by atoms with Gasteiger partial charge >= 0.3 is 0 Å². The topological polar surface area (TPSA) is 29.3 Å². The molecular weight excluding hydrogens is 282 g/mol. The molecule has 3 nitrogen and oxygen atoms in total. The van der Waals surface area contributed by atoms with Gasteiger partial charge in [-0.2, -0.15) is 0 Å². The number of aryl methyl sites for hydroxylation is 1. The van der Waals surface area contributed by atoms with Gasteiger partial charge in [0, 0.05) is 29.3 Å². The molecule has 4 rings (SSSR count). The molecule has 112 valence electrons. The van der Waals surface area contributed by atoms with Gasteiger partial charge in [-0.25, -0.2) is 4.98 Å². The summed E-state index contributed by atoms with van der Waals surface area (Å²) >= 11 is 0. The fourth-order valence-electron chi connectivity index (χ4n) is 2.60. The summed E-state index contributed by atoms with van der Waals surface area (Å²) in [6.07, 6.45) is 4.07. The summed E-state index contributed by atoms with van der Waals surface area (Å²) in [4.78, 5) is 4.65. The number of fused-ring (bicyclic) bond motifs is 1. The maximum Gasteiger partial charge on any atom is 0.137 e. The summed E-state index contributed by atoms with van der Waals surface area (Å²) in [7, 11) is 0. The van der Waals surface area contributed by atoms with Gasteiger partial charge in [0.25, 0.3) is 0 Å². The van der Waals surface area contributed by atoms with Crippen LogP contribution in [0.25, 0.3) is 16.9 Å². The first-order valence-corrected chi connectivity index (χ1v) is 7.66. The molecule has 0 bridgehead atoms. The normalized spacial score (nSPS) is 10.8. The summed E-state index contributed by atoms with van der Waals surface area (Å²) < 4.78 is 2.04. The Morgan fingerprint density at radius 2 is 1.52 bits per heavy atom. The fourth-order valence-corrected chi connectivity index (χ4v) is 2.60. The maximum absolute atomic E-state index is 4.65. The van der Waals surface area contributed by atoms with E-state index in [0.29, 0.717) is 0 Å². The highest BCUT2D eigenvalue weighted by molar-refractivity contribution is 5.67. The minimum atomic E-state index is 0.962. The van der Waals surface area contributed by atoms with Gasteiger partial charge in [0.15, 0.2) is 0 Å². The van der Waals surface area contributed by atoms with Gasteiger partial charge in [-0.1, -0.05) is 35.9 Å². The van der Waals surface area contributed by atoms with Crippen LogP contribution in [0.3, 0.4) is 0 Å². The Kier molecular flexibility index (Phi) is 3.31. The van der Waals surface area contributed by atoms with Crippen LogP contribution in [0.2, 0.25) is 0 Å². The van der Waals surface area contributed by atoms with Gasteiger partial charge in [0.05, 0.1) is 5.69 Å². The number of anilines is 2. The third-order valence-corrected chi connectivity index (χ3v) is 3.88. The van der Waals surface area contributed by atoms with E-state index in [1.54, 1.807) is 0 Å². The average Bonchev–Trinajstić information content (AvgIpc) is 3.02. The average molecular weight is 299 g/mol. The van der Waals surface area contributed by atoms with Crippen LogP contribution in [0, 0.1) is 6.92 Å². The van der Waals surface area contributed by atoms with Crippen molar-refractivity contribution < 1.29 is 0 Å². The zero-order valence-electron chi connectivity index (χ0n) is 12.9. The van der Waals surface area contributed by atoms with Crippen LogP contribution in [0.5, 0.6) is 0 Å². The van der Waals surface area contributed by atoms with E-state index in [1.165, 1.54) is 5.56 Å². The van der Waals surface area contributed by atoms with Crippen molar-refractivity contribution in [3.8, 4) is 11.3 Å². The Balaban J connectivity index is 1.58. The summed E-state index contributed by atoms with van der Waals surface area (Å²) in [5.74, 6) is 0. The molecule has 2 aromatic carbocycles. The van der Waals surface area contributed by atoms with Gasteiger partial charge in [-0.15, -0.1) is 0 Å². The lowest BCUT2D eigenvalue weighted by molar-refractivity contribution is 1.19. The largest absolute Gasteiger partial charge is 0.356 e. The van der Waals surface area contributed by atoms with Crippen LogP contribution in [-0.2, 0) is 0 Å². The molecule has 0 aliphatic carbocycles. The lowest BCUT2D eigenvalue weighted by atomic mass is 10.1. The van der Waals surface area contributed by atoms with Crippen LogP contribution >= 0.6 is 0 Å². The second kappa shape index (κ2) is 5.61. The van der Waals surface area contributed by atoms with Crippen molar-refractivity contribution in [1.82, 2.24) is 9.38 Å². The number of pyridine rings is 1. The molecule has 0 aliphatic rings. The molecule has 0 saturated heterocycles. The van der Waals surface area contributed by atoms with Crippen molar-refractivity contribution in [1.29, 1.82) is 0 Å². The highest BCUT2D eigenvalue weighted by Gasteiger charge is 2.04. The second-order valence-corrected chi connectivity index (χ2v) is 5.66. The number of nitrogens with one attached hydrogen (secondary N) is 1. The van der Waals surface area contributed by atoms with Crippen LogP contribution < -0.4 is 5.32 Å². The molecule has 0 fully saturated rings. The third kappa shape index (κ3) is 2.81. The van der Waals surface area contributed by atoms with Gasteiger partial charge in [-0.3, -0.25) is 0 Å². The van der Waals surface area contributed by atoms with Crippen molar-refractivity contribution in [2.24, 2.45) is 0 Å². The standard InChI is InChI=1S/C20H17N3/c1-15-5-9-17(10-6-15)21-18-11-7-16(8-12-18)19-14-23-13-3-2-4-20(23)22-19/h2-14,21H,1H3. The van der Waals surface area contributed by atoms with E-state index in [9.17, 15) is 0 Å². The molecule has 0 aliphatic heterocycles. The zero-order chi connectivity index (χ0) is 15.6. The molecule has 0 amide bonds. The first-order chi connectivity index (χ1) is 11.3. The van der Waals surface area contributed by atoms with E-state index in [2.05, 4.69) is 72.0 Å². The summed E-state index contributed by atoms with van der Waals surface area (Å²) in [5.41, 5.74) is 6.49. The van der Waals surface area contributed by atoms with E-state index >= 15 is 0 Å². The number of aromatic nitrogens is 2. The smallest absolute Gasteiger partial charge is 0.137 e. The molecule has 0 saturated carbocycles. The second-order valence-electron chi connectivity index (χ2n) is 5.66. The zero-order valence-corrected chi connectivity index (χ0v) is 12.9.